The smallest absolute Gasteiger partial charge is 0.311 e. The number of aromatic hydroxyl groups is 3. The summed E-state index contributed by atoms with van der Waals surface area (Å²) in [7, 11) is -7.80. The van der Waals surface area contributed by atoms with Crippen LogP contribution in [-0.2, 0) is 87.3 Å². The molecule has 2 atom stereocenters. The van der Waals surface area contributed by atoms with Gasteiger partial charge in [0.1, 0.15) is 22.3 Å². The van der Waals surface area contributed by atoms with E-state index < -0.39 is 32.0 Å². The van der Waals surface area contributed by atoms with Gasteiger partial charge in [0.2, 0.25) is 0 Å². The number of aromatic nitrogens is 8. The third-order valence-electron chi connectivity index (χ3n) is 21.1. The summed E-state index contributed by atoms with van der Waals surface area (Å²) in [6, 6.07) is 70.8. The Balaban J connectivity index is 0.000000146. The summed E-state index contributed by atoms with van der Waals surface area (Å²) in [4.78, 5) is 93.4. The molecule has 732 valence electrons. The Morgan fingerprint density at radius 1 is 0.408 bits per heavy atom. The first-order valence-electron chi connectivity index (χ1n) is 44.5. The SMILES string of the molecule is CCOC(=O)Cc1cc(SCC)c(O)c2ccccc12.CCOC(=O)Cc1nn(SCC)c(=O)c2ccccc12.CCSc1cc(CC(=O)O)c2ccccc2c1O.CCSn1nc(CC(=O)O)c2ccccc2c1=O.Cc1ccc(-c2csc(Cc3cc(N=S(=O)([O-])c4cccs4)c4ccccc4c3O)n2)cc1.Cc1ccc(-c2csc(Cn3nc(N=S(=O)([O-])c4cccs4)c4ccccc4c3=O)n2)cc1. The first-order chi connectivity index (χ1) is 68.4. The van der Waals surface area contributed by atoms with E-state index in [9.17, 15) is 66.4 Å². The maximum atomic E-state index is 13.1. The number of carbonyl (C=O) groups is 4. The van der Waals surface area contributed by atoms with Gasteiger partial charge in [-0.3, -0.25) is 42.0 Å². The molecule has 0 saturated carbocycles. The van der Waals surface area contributed by atoms with Gasteiger partial charge in [0.15, 0.2) is 5.82 Å². The normalized spacial score (nSPS) is 11.8. The molecule has 0 aliphatic heterocycles. The molecule has 11 aromatic carbocycles. The lowest BCUT2D eigenvalue weighted by molar-refractivity contribution is -0.143. The molecule has 0 spiro atoms. The fourth-order valence-corrected chi connectivity index (χ4v) is 23.0. The number of thioether (sulfide) groups is 2. The Kier molecular flexibility index (Phi) is 37.3. The van der Waals surface area contributed by atoms with E-state index >= 15 is 0 Å². The first kappa shape index (κ1) is 106. The van der Waals surface area contributed by atoms with Gasteiger partial charge in [-0.1, -0.05) is 227 Å². The number of phenols is 3. The molecule has 142 heavy (non-hydrogen) atoms. The molecule has 7 heterocycles. The van der Waals surface area contributed by atoms with Crippen LogP contribution in [0.15, 0.2) is 299 Å². The number of esters is 2. The van der Waals surface area contributed by atoms with Gasteiger partial charge in [-0.25, -0.2) is 19.0 Å². The van der Waals surface area contributed by atoms with Crippen molar-refractivity contribution in [3.63, 3.8) is 0 Å². The lowest BCUT2D eigenvalue weighted by atomic mass is 10.0. The zero-order valence-corrected chi connectivity index (χ0v) is 86.1. The summed E-state index contributed by atoms with van der Waals surface area (Å²) >= 11 is 10.8. The summed E-state index contributed by atoms with van der Waals surface area (Å²) in [6.07, 6.45) is 0.447. The molecule has 28 nitrogen and oxygen atoms in total. The predicted octanol–water partition coefficient (Wildman–Crippen LogP) is 22.8. The Labute approximate surface area is 850 Å². The van der Waals surface area contributed by atoms with Crippen LogP contribution in [0.5, 0.6) is 17.2 Å². The van der Waals surface area contributed by atoms with Crippen molar-refractivity contribution in [1.82, 2.24) is 38.1 Å². The number of ether oxygens (including phenoxy) is 2. The van der Waals surface area contributed by atoms with Gasteiger partial charge >= 0.3 is 23.9 Å². The van der Waals surface area contributed by atoms with Gasteiger partial charge in [0.25, 0.3) is 16.7 Å². The number of hydrogen-bond acceptors (Lipinski definition) is 31. The Morgan fingerprint density at radius 3 is 1.25 bits per heavy atom. The lowest BCUT2D eigenvalue weighted by Gasteiger charge is -2.15. The highest BCUT2D eigenvalue weighted by Crippen LogP contribution is 2.43. The largest absolute Gasteiger partial charge is 0.759 e. The van der Waals surface area contributed by atoms with E-state index in [4.69, 9.17) is 24.7 Å². The molecular formula is C104H96N10O18S10-2. The van der Waals surface area contributed by atoms with E-state index in [2.05, 4.69) is 29.0 Å². The number of benzene rings is 11. The zero-order valence-electron chi connectivity index (χ0n) is 77.9. The highest BCUT2D eigenvalue weighted by Gasteiger charge is 2.23. The zero-order chi connectivity index (χ0) is 101. The van der Waals surface area contributed by atoms with Crippen molar-refractivity contribution in [2.45, 2.75) is 112 Å². The number of aryl methyl sites for hydroxylation is 2. The number of aliphatic carboxylic acids is 2. The van der Waals surface area contributed by atoms with Crippen molar-refractivity contribution >= 4 is 213 Å². The summed E-state index contributed by atoms with van der Waals surface area (Å²) in [5.74, 6) is 1.35. The molecule has 0 aliphatic rings. The number of thiophene rings is 2. The van der Waals surface area contributed by atoms with Gasteiger partial charge in [-0.05, 0) is 144 Å². The molecule has 0 saturated heterocycles. The second kappa shape index (κ2) is 49.9. The van der Waals surface area contributed by atoms with Gasteiger partial charge < -0.3 is 44.1 Å². The second-order valence-electron chi connectivity index (χ2n) is 30.9. The summed E-state index contributed by atoms with van der Waals surface area (Å²) in [5, 5.41) is 78.2. The highest BCUT2D eigenvalue weighted by atomic mass is 32.3. The van der Waals surface area contributed by atoms with Crippen LogP contribution in [-0.4, -0.2) is 141 Å². The summed E-state index contributed by atoms with van der Waals surface area (Å²) in [6.45, 7) is 16.3. The minimum atomic E-state index is -3.95. The molecule has 18 aromatic rings. The molecule has 18 rings (SSSR count). The number of hydrogen-bond donors (Lipinski definition) is 5. The second-order valence-corrected chi connectivity index (χ2v) is 43.4. The van der Waals surface area contributed by atoms with E-state index in [1.807, 2.05) is 168 Å². The quantitative estimate of drug-likeness (QED) is 0.0225. The van der Waals surface area contributed by atoms with Crippen molar-refractivity contribution in [1.29, 1.82) is 0 Å². The van der Waals surface area contributed by atoms with Gasteiger partial charge in [-0.2, -0.15) is 22.7 Å². The van der Waals surface area contributed by atoms with Crippen molar-refractivity contribution in [2.24, 2.45) is 8.73 Å². The molecule has 0 aliphatic carbocycles. The molecule has 5 N–H and O–H groups in total. The fraction of sp³-hybridized carbons (Fsp3) is 0.192. The van der Waals surface area contributed by atoms with Crippen LogP contribution in [0, 0.1) is 13.8 Å². The van der Waals surface area contributed by atoms with Crippen LogP contribution in [0.25, 0.3) is 87.1 Å². The first-order valence-corrected chi connectivity index (χ1v) is 54.7. The van der Waals surface area contributed by atoms with Crippen LogP contribution in [0.4, 0.5) is 11.5 Å². The van der Waals surface area contributed by atoms with Crippen LogP contribution >= 0.6 is 92.8 Å². The van der Waals surface area contributed by atoms with Gasteiger partial charge in [0, 0.05) is 103 Å². The minimum absolute atomic E-state index is 0.0195. The molecular weight excluding hydrogens is 2000 g/mol. The fourth-order valence-electron chi connectivity index (χ4n) is 14.7. The number of carbonyl (C=O) groups excluding carboxylic acids is 2. The average Bonchev–Trinajstić information content (AvgIpc) is 1.27. The van der Waals surface area contributed by atoms with Crippen molar-refractivity contribution in [3.8, 4) is 39.8 Å². The van der Waals surface area contributed by atoms with Crippen LogP contribution in [0.1, 0.15) is 90.8 Å². The maximum Gasteiger partial charge on any atom is 0.311 e. The third-order valence-corrected chi connectivity index (χ3v) is 31.4. The molecule has 0 amide bonds. The Hall–Kier alpha value is -13.2. The minimum Gasteiger partial charge on any atom is -0.759 e. The number of carboxylic acid groups (broad SMARTS) is 2. The van der Waals surface area contributed by atoms with Gasteiger partial charge in [0.05, 0.1) is 113 Å². The monoisotopic (exact) mass is 2090 g/mol. The summed E-state index contributed by atoms with van der Waals surface area (Å²) < 4.78 is 73.3. The highest BCUT2D eigenvalue weighted by molar-refractivity contribution is 7.99. The van der Waals surface area contributed by atoms with Crippen LogP contribution in [0.2, 0.25) is 0 Å². The molecule has 2 unspecified atom stereocenters. The number of phenolic OH excluding ortho intramolecular Hbond substituents is 3. The topological polar surface area (TPSA) is 423 Å². The van der Waals surface area contributed by atoms with Crippen molar-refractivity contribution in [2.75, 3.05) is 36.2 Å². The third kappa shape index (κ3) is 27.0. The number of nitrogens with zero attached hydrogens (tertiary/aromatic N) is 10. The standard InChI is InChI=1S/C25H20N2O3S3.C23H18N4O3S3.C16H18O3S.C14H16N2O3S.C14H14O3S.C12H12N2O3S/c1-16-8-10-17(11-9-16)22-15-32-23(26-22)14-18-13-21(19-5-2-3-6-20(19)25(18)28)27-33(29,30)24-7-4-12-31-24;1-15-8-10-16(11-9-15)19-14-32-20(24-19)13-27-23(28)18-6-3-2-5-17(18)22(25-27)26-33(29,30)21-7-4-12-31-21;1-3-19-15(17)10-11-9-14(20-4-2)16(18)13-8-6-5-7-12(11)13;1-3-19-13(17)9-12-10-7-5-6-8-11(10)14(18)16(15-12)20-4-2;1-2-18-12-7-9(8-13(15)16)10-5-3-4-6-11(10)14(12)17;1-2-18-14-12(17)9-6-4-3-5-8(9)10(13-14)7-11(15)16/h2-13,15,28H,14H2,1H3,(H,27,29,30);2-12,14H,13H2,1H3,(H,25,26,29,30);5-9,18H,3-4,10H2,1-2H3;5-8H,3-4,9H2,1-2H3;3-7,17H,2,8H2,1H3,(H,15,16);3-6H,2,7H2,1H3,(H,15,16)/p-2. The number of carboxylic acids is 2. The maximum absolute atomic E-state index is 13.1. The lowest BCUT2D eigenvalue weighted by Crippen LogP contribution is -2.23. The Bertz CT molecular complexity index is 8080. The van der Waals surface area contributed by atoms with Gasteiger partial charge in [-0.15, -0.1) is 74.0 Å². The van der Waals surface area contributed by atoms with E-state index in [1.165, 1.54) is 88.9 Å². The van der Waals surface area contributed by atoms with E-state index in [0.29, 0.717) is 107 Å². The van der Waals surface area contributed by atoms with E-state index in [-0.39, 0.29) is 86.6 Å². The molecule has 0 bridgehead atoms. The number of rotatable bonds is 28. The van der Waals surface area contributed by atoms with Crippen molar-refractivity contribution < 1.29 is 71.7 Å². The van der Waals surface area contributed by atoms with E-state index in [1.54, 1.807) is 146 Å². The van der Waals surface area contributed by atoms with Crippen LogP contribution < -0.4 is 16.7 Å². The van der Waals surface area contributed by atoms with Crippen molar-refractivity contribution in [3.05, 3.63) is 338 Å². The Morgan fingerprint density at radius 2 is 0.803 bits per heavy atom. The molecule has 0 radical (unpaired) electrons. The average molecular weight is 2090 g/mol. The molecule has 7 aromatic heterocycles. The number of fused-ring (bicyclic) bond motifs is 6. The summed E-state index contributed by atoms with van der Waals surface area (Å²) in [5.41, 5.74) is 8.88. The van der Waals surface area contributed by atoms with Crippen LogP contribution in [0.3, 0.4) is 0 Å². The molecule has 38 heteroatoms. The van der Waals surface area contributed by atoms with E-state index in [0.717, 1.165) is 110 Å². The molecule has 0 fully saturated rings. The number of thiazole rings is 2. The predicted molar refractivity (Wildman–Crippen MR) is 572 cm³/mol.